The molecule has 0 saturated heterocycles. The van der Waals surface area contributed by atoms with Crippen LogP contribution in [-0.4, -0.2) is 23.9 Å². The zero-order chi connectivity index (χ0) is 13.9. The van der Waals surface area contributed by atoms with Gasteiger partial charge in [0.25, 0.3) is 0 Å². The Bertz CT molecular complexity index is 419. The van der Waals surface area contributed by atoms with E-state index in [1.165, 1.54) is 5.56 Å². The SMILES string of the molecule is OC(CNC1CCCCc2ccccc21)C(F)(F)F. The highest BCUT2D eigenvalue weighted by atomic mass is 19.4. The predicted octanol–water partition coefficient (Wildman–Crippen LogP) is 2.97. The zero-order valence-corrected chi connectivity index (χ0v) is 10.6. The molecule has 1 aromatic rings. The van der Waals surface area contributed by atoms with E-state index in [9.17, 15) is 13.2 Å². The van der Waals surface area contributed by atoms with Crippen molar-refractivity contribution in [1.29, 1.82) is 0 Å². The average molecular weight is 273 g/mol. The normalized spacial score (nSPS) is 21.6. The van der Waals surface area contributed by atoms with Crippen LogP contribution in [-0.2, 0) is 6.42 Å². The number of halogens is 3. The Labute approximate surface area is 110 Å². The number of nitrogens with one attached hydrogen (secondary N) is 1. The van der Waals surface area contributed by atoms with Crippen LogP contribution in [0.3, 0.4) is 0 Å². The first-order chi connectivity index (χ1) is 8.98. The zero-order valence-electron chi connectivity index (χ0n) is 10.6. The number of aliphatic hydroxyl groups is 1. The monoisotopic (exact) mass is 273 g/mol. The molecule has 2 rings (SSSR count). The first-order valence-corrected chi connectivity index (χ1v) is 6.54. The van der Waals surface area contributed by atoms with Crippen LogP contribution in [0.25, 0.3) is 0 Å². The number of fused-ring (bicyclic) bond motifs is 1. The van der Waals surface area contributed by atoms with Crippen LogP contribution < -0.4 is 5.32 Å². The summed E-state index contributed by atoms with van der Waals surface area (Å²) in [5, 5.41) is 11.9. The molecule has 0 heterocycles. The van der Waals surface area contributed by atoms with Gasteiger partial charge >= 0.3 is 6.18 Å². The van der Waals surface area contributed by atoms with E-state index < -0.39 is 18.8 Å². The number of aliphatic hydroxyl groups excluding tert-OH is 1. The predicted molar refractivity (Wildman–Crippen MR) is 66.8 cm³/mol. The molecule has 2 atom stereocenters. The van der Waals surface area contributed by atoms with Gasteiger partial charge in [0.15, 0.2) is 6.10 Å². The van der Waals surface area contributed by atoms with Crippen molar-refractivity contribution >= 4 is 0 Å². The molecule has 2 unspecified atom stereocenters. The number of aryl methyl sites for hydroxylation is 1. The number of hydrogen-bond acceptors (Lipinski definition) is 2. The van der Waals surface area contributed by atoms with E-state index in [4.69, 9.17) is 5.11 Å². The molecule has 19 heavy (non-hydrogen) atoms. The van der Waals surface area contributed by atoms with Gasteiger partial charge in [-0.3, -0.25) is 0 Å². The third kappa shape index (κ3) is 3.70. The second kappa shape index (κ2) is 5.92. The van der Waals surface area contributed by atoms with Gasteiger partial charge in [-0.05, 0) is 30.4 Å². The molecule has 0 spiro atoms. The Kier molecular flexibility index (Phi) is 4.47. The highest BCUT2D eigenvalue weighted by Crippen LogP contribution is 2.29. The minimum Gasteiger partial charge on any atom is -0.382 e. The first-order valence-electron chi connectivity index (χ1n) is 6.54. The maximum Gasteiger partial charge on any atom is 0.415 e. The fraction of sp³-hybridized carbons (Fsp3) is 0.571. The van der Waals surface area contributed by atoms with E-state index in [2.05, 4.69) is 5.32 Å². The minimum atomic E-state index is -4.56. The van der Waals surface area contributed by atoms with Crippen molar-refractivity contribution in [2.75, 3.05) is 6.54 Å². The summed E-state index contributed by atoms with van der Waals surface area (Å²) in [6.45, 7) is -0.456. The van der Waals surface area contributed by atoms with E-state index in [1.54, 1.807) is 0 Å². The van der Waals surface area contributed by atoms with Crippen molar-refractivity contribution in [3.8, 4) is 0 Å². The van der Waals surface area contributed by atoms with Gasteiger partial charge in [-0.1, -0.05) is 30.7 Å². The Balaban J connectivity index is 2.04. The summed E-state index contributed by atoms with van der Waals surface area (Å²) in [4.78, 5) is 0. The molecule has 1 aromatic carbocycles. The summed E-state index contributed by atoms with van der Waals surface area (Å²) in [6.07, 6.45) is -3.05. The van der Waals surface area contributed by atoms with Crippen LogP contribution in [0.15, 0.2) is 24.3 Å². The first kappa shape index (κ1) is 14.3. The van der Waals surface area contributed by atoms with Gasteiger partial charge in [-0.15, -0.1) is 0 Å². The summed E-state index contributed by atoms with van der Waals surface area (Å²) in [5.74, 6) is 0. The lowest BCUT2D eigenvalue weighted by molar-refractivity contribution is -0.202. The van der Waals surface area contributed by atoms with Crippen LogP contribution in [0.1, 0.15) is 36.4 Å². The number of hydrogen-bond donors (Lipinski definition) is 2. The molecule has 1 aliphatic carbocycles. The molecule has 2 N–H and O–H groups in total. The standard InChI is InChI=1S/C14H18F3NO/c15-14(16,17)13(19)9-18-12-8-4-2-6-10-5-1-3-7-11(10)12/h1,3,5,7,12-13,18-19H,2,4,6,8-9H2. The van der Waals surface area contributed by atoms with Gasteiger partial charge in [0.2, 0.25) is 0 Å². The fourth-order valence-electron chi connectivity index (χ4n) is 2.50. The van der Waals surface area contributed by atoms with Crippen molar-refractivity contribution in [3.05, 3.63) is 35.4 Å². The second-order valence-corrected chi connectivity index (χ2v) is 4.96. The smallest absolute Gasteiger partial charge is 0.382 e. The summed E-state index contributed by atoms with van der Waals surface area (Å²) >= 11 is 0. The van der Waals surface area contributed by atoms with E-state index in [1.807, 2.05) is 24.3 Å². The van der Waals surface area contributed by atoms with Crippen LogP contribution >= 0.6 is 0 Å². The summed E-state index contributed by atoms with van der Waals surface area (Å²) in [7, 11) is 0. The van der Waals surface area contributed by atoms with Crippen LogP contribution in [0.4, 0.5) is 13.2 Å². The topological polar surface area (TPSA) is 32.3 Å². The lowest BCUT2D eigenvalue weighted by Crippen LogP contribution is -2.39. The molecule has 0 aliphatic heterocycles. The maximum atomic E-state index is 12.3. The third-order valence-corrected chi connectivity index (χ3v) is 3.55. The number of benzene rings is 1. The van der Waals surface area contributed by atoms with Crippen molar-refractivity contribution < 1.29 is 18.3 Å². The minimum absolute atomic E-state index is 0.101. The van der Waals surface area contributed by atoms with Crippen LogP contribution in [0.5, 0.6) is 0 Å². The summed E-state index contributed by atoms with van der Waals surface area (Å²) in [6, 6.07) is 7.73. The third-order valence-electron chi connectivity index (χ3n) is 3.55. The van der Waals surface area contributed by atoms with Gasteiger partial charge in [0, 0.05) is 12.6 Å². The lowest BCUT2D eigenvalue weighted by atomic mass is 9.99. The van der Waals surface area contributed by atoms with E-state index in [-0.39, 0.29) is 6.04 Å². The lowest BCUT2D eigenvalue weighted by Gasteiger charge is -2.22. The quantitative estimate of drug-likeness (QED) is 0.830. The Morgan fingerprint density at radius 1 is 1.26 bits per heavy atom. The highest BCUT2D eigenvalue weighted by Gasteiger charge is 2.38. The molecule has 0 radical (unpaired) electrons. The molecular weight excluding hydrogens is 255 g/mol. The van der Waals surface area contributed by atoms with Crippen LogP contribution in [0, 0.1) is 0 Å². The van der Waals surface area contributed by atoms with Gasteiger partial charge in [0.05, 0.1) is 0 Å². The molecule has 0 amide bonds. The van der Waals surface area contributed by atoms with Gasteiger partial charge < -0.3 is 10.4 Å². The number of rotatable bonds is 3. The van der Waals surface area contributed by atoms with Crippen molar-refractivity contribution in [2.24, 2.45) is 0 Å². The van der Waals surface area contributed by atoms with E-state index >= 15 is 0 Å². The largest absolute Gasteiger partial charge is 0.415 e. The molecule has 106 valence electrons. The van der Waals surface area contributed by atoms with E-state index in [0.29, 0.717) is 0 Å². The Morgan fingerprint density at radius 2 is 2.00 bits per heavy atom. The van der Waals surface area contributed by atoms with Crippen molar-refractivity contribution in [3.63, 3.8) is 0 Å². The molecule has 0 fully saturated rings. The molecule has 0 aromatic heterocycles. The van der Waals surface area contributed by atoms with Gasteiger partial charge in [0.1, 0.15) is 0 Å². The fourth-order valence-corrected chi connectivity index (χ4v) is 2.50. The maximum absolute atomic E-state index is 12.3. The van der Waals surface area contributed by atoms with Gasteiger partial charge in [-0.25, -0.2) is 0 Å². The molecule has 5 heteroatoms. The van der Waals surface area contributed by atoms with Crippen LogP contribution in [0.2, 0.25) is 0 Å². The molecule has 2 nitrogen and oxygen atoms in total. The Hall–Kier alpha value is -1.07. The average Bonchev–Trinajstić information content (AvgIpc) is 2.57. The summed E-state index contributed by atoms with van der Waals surface area (Å²) < 4.78 is 36.9. The van der Waals surface area contributed by atoms with E-state index in [0.717, 1.165) is 31.2 Å². The van der Waals surface area contributed by atoms with Crippen molar-refractivity contribution in [2.45, 2.75) is 44.0 Å². The molecule has 0 bridgehead atoms. The molecule has 0 saturated carbocycles. The Morgan fingerprint density at radius 3 is 2.74 bits per heavy atom. The highest BCUT2D eigenvalue weighted by molar-refractivity contribution is 5.31. The summed E-state index contributed by atoms with van der Waals surface area (Å²) in [5.41, 5.74) is 2.26. The number of alkyl halides is 3. The van der Waals surface area contributed by atoms with Crippen molar-refractivity contribution in [1.82, 2.24) is 5.32 Å². The molecule has 1 aliphatic rings. The van der Waals surface area contributed by atoms with Gasteiger partial charge in [-0.2, -0.15) is 13.2 Å². The second-order valence-electron chi connectivity index (χ2n) is 4.96. The molecular formula is C14H18F3NO.